The fourth-order valence-corrected chi connectivity index (χ4v) is 4.43. The summed E-state index contributed by atoms with van der Waals surface area (Å²) in [5.74, 6) is 0.464. The second kappa shape index (κ2) is 6.20. The van der Waals surface area contributed by atoms with Crippen molar-refractivity contribution in [3.8, 4) is 11.3 Å². The molecular formula is C21H22ClFN4. The van der Waals surface area contributed by atoms with Crippen molar-refractivity contribution in [2.75, 3.05) is 11.4 Å². The number of anilines is 1. The molecule has 4 nitrogen and oxygen atoms in total. The Bertz CT molecular complexity index is 1040. The molecule has 1 aromatic carbocycles. The molecule has 6 heteroatoms. The van der Waals surface area contributed by atoms with E-state index < -0.39 is 0 Å². The number of hydrogen-bond donors (Lipinski definition) is 0. The molecule has 140 valence electrons. The smallest absolute Gasteiger partial charge is 0.124 e. The summed E-state index contributed by atoms with van der Waals surface area (Å²) in [6.45, 7) is 6.21. The number of aromatic nitrogens is 3. The lowest BCUT2D eigenvalue weighted by Gasteiger charge is -2.37. The van der Waals surface area contributed by atoms with Gasteiger partial charge in [-0.3, -0.25) is 4.68 Å². The number of rotatable bonds is 4. The van der Waals surface area contributed by atoms with Crippen LogP contribution in [0.25, 0.3) is 22.3 Å². The molecule has 1 aliphatic heterocycles. The SMILES string of the molecule is CC[C@H]1Cn2nc(-c3ccc(F)cc3Cl)c3nc(C)cc(c32)N1CC1CC1. The van der Waals surface area contributed by atoms with Crippen LogP contribution in [0.3, 0.4) is 0 Å². The van der Waals surface area contributed by atoms with E-state index in [9.17, 15) is 4.39 Å². The fraction of sp³-hybridized carbons (Fsp3) is 0.429. The summed E-state index contributed by atoms with van der Waals surface area (Å²) < 4.78 is 15.6. The normalized spacial score (nSPS) is 19.1. The summed E-state index contributed by atoms with van der Waals surface area (Å²) in [5, 5.41) is 5.24. The molecule has 0 unspecified atom stereocenters. The van der Waals surface area contributed by atoms with Crippen LogP contribution in [0, 0.1) is 18.7 Å². The maximum atomic E-state index is 13.5. The number of benzene rings is 1. The van der Waals surface area contributed by atoms with Gasteiger partial charge in [-0.2, -0.15) is 5.10 Å². The highest BCUT2D eigenvalue weighted by Gasteiger charge is 2.34. The van der Waals surface area contributed by atoms with E-state index in [-0.39, 0.29) is 5.82 Å². The molecule has 0 saturated heterocycles. The van der Waals surface area contributed by atoms with Crippen molar-refractivity contribution >= 4 is 28.3 Å². The van der Waals surface area contributed by atoms with Gasteiger partial charge in [-0.05, 0) is 56.4 Å². The van der Waals surface area contributed by atoms with Crippen molar-refractivity contribution in [3.05, 3.63) is 40.8 Å². The van der Waals surface area contributed by atoms with Gasteiger partial charge in [0.2, 0.25) is 0 Å². The Labute approximate surface area is 162 Å². The van der Waals surface area contributed by atoms with Crippen molar-refractivity contribution in [1.82, 2.24) is 14.8 Å². The second-order valence-corrected chi connectivity index (χ2v) is 8.20. The Kier molecular flexibility index (Phi) is 3.90. The van der Waals surface area contributed by atoms with Crippen LogP contribution in [0.15, 0.2) is 24.3 Å². The van der Waals surface area contributed by atoms with Gasteiger partial charge >= 0.3 is 0 Å². The number of pyridine rings is 1. The van der Waals surface area contributed by atoms with Crippen molar-refractivity contribution in [1.29, 1.82) is 0 Å². The van der Waals surface area contributed by atoms with E-state index >= 15 is 0 Å². The molecule has 3 aromatic rings. The van der Waals surface area contributed by atoms with Gasteiger partial charge in [-0.15, -0.1) is 0 Å². The topological polar surface area (TPSA) is 34.0 Å². The molecule has 1 fully saturated rings. The summed E-state index contributed by atoms with van der Waals surface area (Å²) >= 11 is 6.35. The zero-order valence-corrected chi connectivity index (χ0v) is 16.3. The monoisotopic (exact) mass is 384 g/mol. The van der Waals surface area contributed by atoms with Gasteiger partial charge in [-0.25, -0.2) is 9.37 Å². The summed E-state index contributed by atoms with van der Waals surface area (Å²) in [7, 11) is 0. The molecule has 2 aromatic heterocycles. The van der Waals surface area contributed by atoms with Gasteiger partial charge in [0, 0.05) is 23.8 Å². The molecule has 2 aliphatic rings. The molecule has 0 N–H and O–H groups in total. The van der Waals surface area contributed by atoms with E-state index in [0.717, 1.165) is 53.4 Å². The zero-order chi connectivity index (χ0) is 18.7. The molecule has 0 radical (unpaired) electrons. The first-order valence-electron chi connectivity index (χ1n) is 9.65. The number of halogens is 2. The van der Waals surface area contributed by atoms with Gasteiger partial charge in [0.05, 0.1) is 17.3 Å². The van der Waals surface area contributed by atoms with Crippen LogP contribution in [0.2, 0.25) is 5.02 Å². The Morgan fingerprint density at radius 3 is 2.78 bits per heavy atom. The van der Waals surface area contributed by atoms with E-state index in [4.69, 9.17) is 21.7 Å². The Balaban J connectivity index is 1.73. The largest absolute Gasteiger partial charge is 0.365 e. The van der Waals surface area contributed by atoms with Gasteiger partial charge < -0.3 is 4.90 Å². The highest BCUT2D eigenvalue weighted by molar-refractivity contribution is 6.33. The molecule has 1 aliphatic carbocycles. The number of nitrogens with zero attached hydrogens (tertiary/aromatic N) is 4. The molecule has 5 rings (SSSR count). The maximum Gasteiger partial charge on any atom is 0.124 e. The summed E-state index contributed by atoms with van der Waals surface area (Å²) in [5.41, 5.74) is 5.58. The van der Waals surface area contributed by atoms with E-state index in [1.165, 1.54) is 30.7 Å². The minimum Gasteiger partial charge on any atom is -0.365 e. The van der Waals surface area contributed by atoms with E-state index in [1.54, 1.807) is 6.07 Å². The van der Waals surface area contributed by atoms with Crippen LogP contribution in [-0.4, -0.2) is 27.4 Å². The zero-order valence-electron chi connectivity index (χ0n) is 15.5. The fourth-order valence-electron chi connectivity index (χ4n) is 4.17. The van der Waals surface area contributed by atoms with E-state index in [1.807, 2.05) is 6.92 Å². The van der Waals surface area contributed by atoms with Gasteiger partial charge in [0.15, 0.2) is 0 Å². The van der Waals surface area contributed by atoms with Crippen LogP contribution < -0.4 is 4.90 Å². The van der Waals surface area contributed by atoms with Crippen LogP contribution in [0.1, 0.15) is 31.9 Å². The Morgan fingerprint density at radius 1 is 1.26 bits per heavy atom. The average Bonchev–Trinajstić information content (AvgIpc) is 3.38. The third-order valence-corrected chi connectivity index (χ3v) is 6.06. The lowest BCUT2D eigenvalue weighted by molar-refractivity contribution is 0.453. The molecule has 0 bridgehead atoms. The highest BCUT2D eigenvalue weighted by atomic mass is 35.5. The first kappa shape index (κ1) is 17.0. The summed E-state index contributed by atoms with van der Waals surface area (Å²) in [6, 6.07) is 7.08. The number of aryl methyl sites for hydroxylation is 1. The minimum atomic E-state index is -0.344. The van der Waals surface area contributed by atoms with Crippen LogP contribution in [-0.2, 0) is 6.54 Å². The lowest BCUT2D eigenvalue weighted by atomic mass is 10.1. The average molecular weight is 385 g/mol. The van der Waals surface area contributed by atoms with Crippen LogP contribution in [0.5, 0.6) is 0 Å². The standard InChI is InChI=1S/C21H22ClFN4/c1-3-15-11-27-21-18(26(15)10-13-4-5-13)8-12(2)24-20(21)19(25-27)16-7-6-14(23)9-17(16)22/h6-9,13,15H,3-5,10-11H2,1-2H3/t15-/m0/s1. The van der Waals surface area contributed by atoms with Crippen molar-refractivity contribution in [2.45, 2.75) is 45.7 Å². The third kappa shape index (κ3) is 2.80. The lowest BCUT2D eigenvalue weighted by Crippen LogP contribution is -2.42. The highest BCUT2D eigenvalue weighted by Crippen LogP contribution is 2.41. The Hall–Kier alpha value is -2.14. The predicted molar refractivity (Wildman–Crippen MR) is 107 cm³/mol. The predicted octanol–water partition coefficient (Wildman–Crippen LogP) is 5.21. The number of hydrogen-bond acceptors (Lipinski definition) is 3. The van der Waals surface area contributed by atoms with E-state index in [2.05, 4.69) is 22.6 Å². The van der Waals surface area contributed by atoms with Gasteiger partial charge in [0.1, 0.15) is 22.5 Å². The van der Waals surface area contributed by atoms with Crippen molar-refractivity contribution in [3.63, 3.8) is 0 Å². The first-order chi connectivity index (χ1) is 13.0. The van der Waals surface area contributed by atoms with Gasteiger partial charge in [0.25, 0.3) is 0 Å². The van der Waals surface area contributed by atoms with Crippen LogP contribution in [0.4, 0.5) is 10.1 Å². The molecule has 3 heterocycles. The molecule has 0 amide bonds. The third-order valence-electron chi connectivity index (χ3n) is 5.75. The van der Waals surface area contributed by atoms with Crippen molar-refractivity contribution in [2.24, 2.45) is 5.92 Å². The summed E-state index contributed by atoms with van der Waals surface area (Å²) in [4.78, 5) is 7.36. The van der Waals surface area contributed by atoms with Crippen molar-refractivity contribution < 1.29 is 4.39 Å². The molecular weight excluding hydrogens is 363 g/mol. The maximum absolute atomic E-state index is 13.5. The van der Waals surface area contributed by atoms with Gasteiger partial charge in [-0.1, -0.05) is 18.5 Å². The molecule has 1 saturated carbocycles. The molecule has 1 atom stereocenters. The first-order valence-corrected chi connectivity index (χ1v) is 10.0. The molecule has 0 spiro atoms. The van der Waals surface area contributed by atoms with Crippen LogP contribution >= 0.6 is 11.6 Å². The molecule has 27 heavy (non-hydrogen) atoms. The quantitative estimate of drug-likeness (QED) is 0.619. The summed E-state index contributed by atoms with van der Waals surface area (Å²) in [6.07, 6.45) is 3.73. The van der Waals surface area contributed by atoms with E-state index in [0.29, 0.717) is 11.1 Å². The second-order valence-electron chi connectivity index (χ2n) is 7.79. The minimum absolute atomic E-state index is 0.344. The Morgan fingerprint density at radius 2 is 2.07 bits per heavy atom.